The number of carbonyl (C=O) groups is 2. The van der Waals surface area contributed by atoms with Crippen molar-refractivity contribution in [1.29, 1.82) is 5.26 Å². The van der Waals surface area contributed by atoms with Gasteiger partial charge in [-0.2, -0.15) is 5.26 Å². The molecular weight excluding hydrogens is 348 g/mol. The average molecular weight is 366 g/mol. The van der Waals surface area contributed by atoms with Gasteiger partial charge >= 0.3 is 5.97 Å². The number of nitrogens with zero attached hydrogens (tertiary/aromatic N) is 1. The van der Waals surface area contributed by atoms with E-state index >= 15 is 0 Å². The SMILES string of the molecule is COc1cc(/C=C/C(=O)OCC(=O)Nc2ccccc2C#N)cc(OC)c1. The maximum Gasteiger partial charge on any atom is 0.331 e. The number of rotatable bonds is 7. The van der Waals surface area contributed by atoms with Gasteiger partial charge in [0.05, 0.1) is 25.5 Å². The van der Waals surface area contributed by atoms with E-state index < -0.39 is 18.5 Å². The van der Waals surface area contributed by atoms with E-state index in [2.05, 4.69) is 5.32 Å². The first-order chi connectivity index (χ1) is 13.0. The van der Waals surface area contributed by atoms with Crippen molar-refractivity contribution in [2.75, 3.05) is 26.1 Å². The van der Waals surface area contributed by atoms with E-state index in [0.29, 0.717) is 28.3 Å². The second-order valence-corrected chi connectivity index (χ2v) is 5.29. The Morgan fingerprint density at radius 3 is 2.41 bits per heavy atom. The maximum absolute atomic E-state index is 11.9. The molecule has 2 aromatic rings. The molecule has 138 valence electrons. The number of nitrogens with one attached hydrogen (secondary N) is 1. The summed E-state index contributed by atoms with van der Waals surface area (Å²) < 4.78 is 15.2. The van der Waals surface area contributed by atoms with Crippen LogP contribution in [-0.4, -0.2) is 32.7 Å². The molecule has 0 atom stereocenters. The lowest BCUT2D eigenvalue weighted by molar-refractivity contribution is -0.142. The molecule has 0 aliphatic rings. The molecule has 0 heterocycles. The maximum atomic E-state index is 11.9. The van der Waals surface area contributed by atoms with Gasteiger partial charge in [0.1, 0.15) is 17.6 Å². The first kappa shape index (κ1) is 19.5. The van der Waals surface area contributed by atoms with Crippen LogP contribution in [0.2, 0.25) is 0 Å². The molecule has 0 saturated heterocycles. The number of ether oxygens (including phenoxy) is 3. The molecule has 1 N–H and O–H groups in total. The van der Waals surface area contributed by atoms with E-state index in [1.807, 2.05) is 6.07 Å². The second kappa shape index (κ2) is 9.63. The van der Waals surface area contributed by atoms with Crippen LogP contribution in [0.1, 0.15) is 11.1 Å². The van der Waals surface area contributed by atoms with E-state index in [-0.39, 0.29) is 0 Å². The molecule has 7 nitrogen and oxygen atoms in total. The van der Waals surface area contributed by atoms with Crippen LogP contribution in [0.25, 0.3) is 6.08 Å². The zero-order valence-corrected chi connectivity index (χ0v) is 14.9. The normalized spacial score (nSPS) is 10.1. The van der Waals surface area contributed by atoms with Crippen LogP contribution in [0.3, 0.4) is 0 Å². The molecule has 0 saturated carbocycles. The molecule has 7 heteroatoms. The Hall–Kier alpha value is -3.79. The summed E-state index contributed by atoms with van der Waals surface area (Å²) in [6.07, 6.45) is 2.72. The Morgan fingerprint density at radius 2 is 1.78 bits per heavy atom. The summed E-state index contributed by atoms with van der Waals surface area (Å²) in [5.41, 5.74) is 1.36. The fourth-order valence-electron chi connectivity index (χ4n) is 2.15. The van der Waals surface area contributed by atoms with Crippen LogP contribution in [0.5, 0.6) is 11.5 Å². The molecule has 0 unspecified atom stereocenters. The summed E-state index contributed by atoms with van der Waals surface area (Å²) in [6.45, 7) is -0.468. The molecule has 0 aliphatic carbocycles. The quantitative estimate of drug-likeness (QED) is 0.598. The van der Waals surface area contributed by atoms with Gasteiger partial charge in [-0.25, -0.2) is 4.79 Å². The van der Waals surface area contributed by atoms with Crippen LogP contribution < -0.4 is 14.8 Å². The van der Waals surface area contributed by atoms with Crippen molar-refractivity contribution in [1.82, 2.24) is 0 Å². The fourth-order valence-corrected chi connectivity index (χ4v) is 2.15. The van der Waals surface area contributed by atoms with E-state index in [9.17, 15) is 9.59 Å². The molecule has 0 radical (unpaired) electrons. The number of anilines is 1. The minimum Gasteiger partial charge on any atom is -0.497 e. The molecule has 0 aliphatic heterocycles. The van der Waals surface area contributed by atoms with Gasteiger partial charge in [0.15, 0.2) is 6.61 Å². The number of nitriles is 1. The zero-order valence-electron chi connectivity index (χ0n) is 14.9. The molecular formula is C20H18N2O5. The third-order valence-corrected chi connectivity index (χ3v) is 3.45. The lowest BCUT2D eigenvalue weighted by Crippen LogP contribution is -2.20. The van der Waals surface area contributed by atoms with Gasteiger partial charge in [-0.05, 0) is 35.9 Å². The molecule has 1 amide bonds. The van der Waals surface area contributed by atoms with E-state index in [4.69, 9.17) is 19.5 Å². The number of hydrogen-bond donors (Lipinski definition) is 1. The standard InChI is InChI=1S/C20H18N2O5/c1-25-16-9-14(10-17(11-16)26-2)7-8-20(24)27-13-19(23)22-18-6-4-3-5-15(18)12-21/h3-11H,13H2,1-2H3,(H,22,23)/b8-7+. The fraction of sp³-hybridized carbons (Fsp3) is 0.150. The number of esters is 1. The average Bonchev–Trinajstić information content (AvgIpc) is 2.70. The Kier molecular flexibility index (Phi) is 6.97. The minimum absolute atomic E-state index is 0.323. The minimum atomic E-state index is -0.680. The lowest BCUT2D eigenvalue weighted by atomic mass is 10.2. The second-order valence-electron chi connectivity index (χ2n) is 5.29. The van der Waals surface area contributed by atoms with Gasteiger partial charge in [-0.15, -0.1) is 0 Å². The molecule has 0 fully saturated rings. The van der Waals surface area contributed by atoms with Crippen molar-refractivity contribution in [3.63, 3.8) is 0 Å². The third-order valence-electron chi connectivity index (χ3n) is 3.45. The van der Waals surface area contributed by atoms with Crippen LogP contribution in [0, 0.1) is 11.3 Å². The number of carbonyl (C=O) groups excluding carboxylic acids is 2. The highest BCUT2D eigenvalue weighted by atomic mass is 16.5. The van der Waals surface area contributed by atoms with Crippen LogP contribution in [0.15, 0.2) is 48.5 Å². The van der Waals surface area contributed by atoms with Gasteiger partial charge in [0.25, 0.3) is 5.91 Å². The summed E-state index contributed by atoms with van der Waals surface area (Å²) in [5, 5.41) is 11.5. The van der Waals surface area contributed by atoms with Gasteiger partial charge in [0.2, 0.25) is 0 Å². The highest BCUT2D eigenvalue weighted by molar-refractivity contribution is 5.95. The highest BCUT2D eigenvalue weighted by Crippen LogP contribution is 2.23. The zero-order chi connectivity index (χ0) is 19.6. The first-order valence-corrected chi connectivity index (χ1v) is 7.92. The third kappa shape index (κ3) is 5.90. The molecule has 0 bridgehead atoms. The smallest absolute Gasteiger partial charge is 0.331 e. The Morgan fingerprint density at radius 1 is 1.11 bits per heavy atom. The summed E-state index contributed by atoms with van der Waals surface area (Å²) >= 11 is 0. The monoisotopic (exact) mass is 366 g/mol. The number of amides is 1. The predicted molar refractivity (Wildman–Crippen MR) is 99.3 cm³/mol. The topological polar surface area (TPSA) is 97.6 Å². The van der Waals surface area contributed by atoms with Gasteiger partial charge in [0, 0.05) is 12.1 Å². The number of para-hydroxylation sites is 1. The predicted octanol–water partition coefficient (Wildman–Crippen LogP) is 2.77. The Balaban J connectivity index is 1.91. The van der Waals surface area contributed by atoms with E-state index in [1.54, 1.807) is 42.5 Å². The van der Waals surface area contributed by atoms with Gasteiger partial charge in [-0.1, -0.05) is 12.1 Å². The van der Waals surface area contributed by atoms with Crippen LogP contribution in [0.4, 0.5) is 5.69 Å². The number of benzene rings is 2. The largest absolute Gasteiger partial charge is 0.497 e. The number of hydrogen-bond acceptors (Lipinski definition) is 6. The summed E-state index contributed by atoms with van der Waals surface area (Å²) in [6, 6.07) is 13.7. The van der Waals surface area contributed by atoms with Crippen molar-refractivity contribution < 1.29 is 23.8 Å². The van der Waals surface area contributed by atoms with Gasteiger partial charge < -0.3 is 19.5 Å². The van der Waals surface area contributed by atoms with Crippen LogP contribution in [-0.2, 0) is 14.3 Å². The summed E-state index contributed by atoms with van der Waals surface area (Å²) in [7, 11) is 3.05. The molecule has 0 spiro atoms. The molecule has 27 heavy (non-hydrogen) atoms. The van der Waals surface area contributed by atoms with Crippen molar-refractivity contribution >= 4 is 23.6 Å². The number of methoxy groups -OCH3 is 2. The van der Waals surface area contributed by atoms with E-state index in [1.165, 1.54) is 26.4 Å². The van der Waals surface area contributed by atoms with Crippen molar-refractivity contribution in [2.24, 2.45) is 0 Å². The van der Waals surface area contributed by atoms with Crippen molar-refractivity contribution in [3.8, 4) is 17.6 Å². The van der Waals surface area contributed by atoms with Crippen LogP contribution >= 0.6 is 0 Å². The van der Waals surface area contributed by atoms with Crippen molar-refractivity contribution in [3.05, 3.63) is 59.7 Å². The summed E-state index contributed by atoms with van der Waals surface area (Å²) in [5.74, 6) is -0.0567. The highest BCUT2D eigenvalue weighted by Gasteiger charge is 2.08. The summed E-state index contributed by atoms with van der Waals surface area (Å²) in [4.78, 5) is 23.7. The lowest BCUT2D eigenvalue weighted by Gasteiger charge is -2.07. The molecule has 2 rings (SSSR count). The molecule has 0 aromatic heterocycles. The molecule has 2 aromatic carbocycles. The van der Waals surface area contributed by atoms with Gasteiger partial charge in [-0.3, -0.25) is 4.79 Å². The van der Waals surface area contributed by atoms with E-state index in [0.717, 1.165) is 0 Å². The first-order valence-electron chi connectivity index (χ1n) is 7.92. The Bertz CT molecular complexity index is 877. The van der Waals surface area contributed by atoms with Crippen molar-refractivity contribution in [2.45, 2.75) is 0 Å². The Labute approximate surface area is 156 Å².